The third-order valence-electron chi connectivity index (χ3n) is 5.30. The summed E-state index contributed by atoms with van der Waals surface area (Å²) in [6.45, 7) is -0.0169. The number of carbonyl (C=O) groups excluding carboxylic acids is 2. The number of carbonyl (C=O) groups is 2. The average molecular weight is 477 g/mol. The van der Waals surface area contributed by atoms with Crippen LogP contribution in [0.5, 0.6) is 0 Å². The summed E-state index contributed by atoms with van der Waals surface area (Å²) >= 11 is 5.12. The van der Waals surface area contributed by atoms with Crippen LogP contribution in [0, 0.1) is 0 Å². The van der Waals surface area contributed by atoms with E-state index in [9.17, 15) is 9.59 Å². The monoisotopic (exact) mass is 476 g/mol. The second-order valence-electron chi connectivity index (χ2n) is 7.16. The highest BCUT2D eigenvalue weighted by atomic mass is 79.9. The topological polar surface area (TPSA) is 49.4 Å². The Morgan fingerprint density at radius 3 is 2.70 bits per heavy atom. The van der Waals surface area contributed by atoms with Gasteiger partial charge in [-0.2, -0.15) is 0 Å². The highest BCUT2D eigenvalue weighted by Crippen LogP contribution is 2.40. The van der Waals surface area contributed by atoms with Crippen molar-refractivity contribution in [3.05, 3.63) is 98.7 Å². The molecule has 1 aromatic heterocycles. The highest BCUT2D eigenvalue weighted by Gasteiger charge is 2.35. The van der Waals surface area contributed by atoms with Gasteiger partial charge in [-0.3, -0.25) is 9.59 Å². The van der Waals surface area contributed by atoms with E-state index in [2.05, 4.69) is 21.2 Å². The Hall–Kier alpha value is -2.96. The number of halogens is 1. The molecule has 4 aromatic rings. The molecule has 1 unspecified atom stereocenters. The van der Waals surface area contributed by atoms with Crippen LogP contribution in [0.2, 0.25) is 0 Å². The molecule has 2 heterocycles. The summed E-state index contributed by atoms with van der Waals surface area (Å²) in [6.07, 6.45) is 0. The van der Waals surface area contributed by atoms with Gasteiger partial charge in [0.1, 0.15) is 6.54 Å². The van der Waals surface area contributed by atoms with Crippen LogP contribution in [-0.4, -0.2) is 23.3 Å². The van der Waals surface area contributed by atoms with E-state index in [0.29, 0.717) is 5.56 Å². The third-order valence-corrected chi connectivity index (χ3v) is 6.72. The molecule has 0 aliphatic carbocycles. The van der Waals surface area contributed by atoms with E-state index in [0.717, 1.165) is 31.4 Å². The molecule has 0 saturated carbocycles. The van der Waals surface area contributed by atoms with Crippen LogP contribution in [-0.2, 0) is 4.79 Å². The Morgan fingerprint density at radius 1 is 1.03 bits per heavy atom. The van der Waals surface area contributed by atoms with Crippen molar-refractivity contribution in [3.63, 3.8) is 0 Å². The van der Waals surface area contributed by atoms with Crippen molar-refractivity contribution < 1.29 is 9.59 Å². The van der Waals surface area contributed by atoms with Gasteiger partial charge in [0.05, 0.1) is 6.04 Å². The van der Waals surface area contributed by atoms with Gasteiger partial charge >= 0.3 is 0 Å². The first-order valence-electron chi connectivity index (χ1n) is 9.53. The number of anilines is 1. The molecule has 1 aliphatic heterocycles. The Labute approximate surface area is 186 Å². The van der Waals surface area contributed by atoms with Gasteiger partial charge in [0.25, 0.3) is 5.91 Å². The number of hydrogen-bond donors (Lipinski definition) is 1. The van der Waals surface area contributed by atoms with Gasteiger partial charge in [0.15, 0.2) is 0 Å². The standard InChI is InChI=1S/C24H17BrN2O2S/c25-16-10-11-20-19(13-16)23(21-9-4-12-30-21)27(14-22(28)26-20)24(29)18-8-3-6-15-5-1-2-7-17(15)18/h1-13,23H,14H2,(H,26,28). The van der Waals surface area contributed by atoms with Crippen molar-refractivity contribution in [1.29, 1.82) is 0 Å². The van der Waals surface area contributed by atoms with Gasteiger partial charge in [-0.05, 0) is 46.5 Å². The van der Waals surface area contributed by atoms with Gasteiger partial charge in [-0.1, -0.05) is 58.4 Å². The molecule has 0 radical (unpaired) electrons. The number of benzene rings is 3. The summed E-state index contributed by atoms with van der Waals surface area (Å²) in [5.41, 5.74) is 2.22. The van der Waals surface area contributed by atoms with Crippen LogP contribution in [0.4, 0.5) is 5.69 Å². The fraction of sp³-hybridized carbons (Fsp3) is 0.0833. The van der Waals surface area contributed by atoms with Gasteiger partial charge in [0.2, 0.25) is 5.91 Å². The van der Waals surface area contributed by atoms with Crippen LogP contribution in [0.25, 0.3) is 10.8 Å². The molecule has 1 aliphatic rings. The largest absolute Gasteiger partial charge is 0.324 e. The molecule has 0 saturated heterocycles. The summed E-state index contributed by atoms with van der Waals surface area (Å²) in [5, 5.41) is 6.84. The zero-order valence-corrected chi connectivity index (χ0v) is 18.2. The number of nitrogens with zero attached hydrogens (tertiary/aromatic N) is 1. The summed E-state index contributed by atoms with van der Waals surface area (Å²) in [7, 11) is 0. The van der Waals surface area contributed by atoms with Gasteiger partial charge in [-0.15, -0.1) is 11.3 Å². The molecule has 0 spiro atoms. The summed E-state index contributed by atoms with van der Waals surface area (Å²) in [4.78, 5) is 29.3. The molecular formula is C24H17BrN2O2S. The first-order chi connectivity index (χ1) is 14.6. The molecule has 4 nitrogen and oxygen atoms in total. The van der Waals surface area contributed by atoms with Crippen LogP contribution < -0.4 is 5.32 Å². The normalized spacial score (nSPS) is 16.1. The first-order valence-corrected chi connectivity index (χ1v) is 11.2. The van der Waals surface area contributed by atoms with Crippen molar-refractivity contribution >= 4 is 55.5 Å². The molecule has 1 N–H and O–H groups in total. The maximum atomic E-state index is 13.9. The third kappa shape index (κ3) is 3.32. The minimum absolute atomic E-state index is 0.0169. The molecule has 2 amide bonds. The Bertz CT molecular complexity index is 1260. The minimum atomic E-state index is -0.358. The quantitative estimate of drug-likeness (QED) is 0.394. The molecule has 5 rings (SSSR count). The average Bonchev–Trinajstić information content (AvgIpc) is 3.24. The second-order valence-corrected chi connectivity index (χ2v) is 9.05. The molecular weight excluding hydrogens is 460 g/mol. The lowest BCUT2D eigenvalue weighted by molar-refractivity contribution is -0.117. The van der Waals surface area contributed by atoms with E-state index in [4.69, 9.17) is 0 Å². The lowest BCUT2D eigenvalue weighted by atomic mass is 9.99. The van der Waals surface area contributed by atoms with Crippen molar-refractivity contribution in [2.45, 2.75) is 6.04 Å². The van der Waals surface area contributed by atoms with Crippen molar-refractivity contribution in [2.24, 2.45) is 0 Å². The van der Waals surface area contributed by atoms with Crippen LogP contribution >= 0.6 is 27.3 Å². The first kappa shape index (κ1) is 19.0. The minimum Gasteiger partial charge on any atom is -0.324 e. The smallest absolute Gasteiger partial charge is 0.255 e. The molecule has 30 heavy (non-hydrogen) atoms. The number of nitrogens with one attached hydrogen (secondary N) is 1. The van der Waals surface area contributed by atoms with Crippen molar-refractivity contribution in [2.75, 3.05) is 11.9 Å². The fourth-order valence-electron chi connectivity index (χ4n) is 3.99. The molecule has 148 valence electrons. The van der Waals surface area contributed by atoms with E-state index >= 15 is 0 Å². The van der Waals surface area contributed by atoms with E-state index < -0.39 is 0 Å². The molecule has 1 atom stereocenters. The number of thiophene rings is 1. The predicted octanol–water partition coefficient (Wildman–Crippen LogP) is 5.85. The van der Waals surface area contributed by atoms with Gasteiger partial charge in [0, 0.05) is 26.2 Å². The zero-order chi connectivity index (χ0) is 20.7. The number of hydrogen-bond acceptors (Lipinski definition) is 3. The van der Waals surface area contributed by atoms with E-state index in [1.54, 1.807) is 16.2 Å². The fourth-order valence-corrected chi connectivity index (χ4v) is 5.22. The lowest BCUT2D eigenvalue weighted by Gasteiger charge is -2.30. The number of rotatable bonds is 2. The van der Waals surface area contributed by atoms with E-state index in [-0.39, 0.29) is 24.4 Å². The molecule has 6 heteroatoms. The summed E-state index contributed by atoms with van der Waals surface area (Å²) in [6, 6.07) is 22.9. The SMILES string of the molecule is O=C1CN(C(=O)c2cccc3ccccc23)C(c2cccs2)c2cc(Br)ccc2N1. The molecule has 3 aromatic carbocycles. The Morgan fingerprint density at radius 2 is 1.87 bits per heavy atom. The van der Waals surface area contributed by atoms with Crippen molar-refractivity contribution in [1.82, 2.24) is 4.90 Å². The zero-order valence-electron chi connectivity index (χ0n) is 15.8. The van der Waals surface area contributed by atoms with E-state index in [1.807, 2.05) is 78.2 Å². The Kier molecular flexibility index (Phi) is 4.89. The predicted molar refractivity (Wildman–Crippen MR) is 124 cm³/mol. The maximum absolute atomic E-state index is 13.9. The number of amides is 2. The molecule has 0 bridgehead atoms. The Balaban J connectivity index is 1.70. The second kappa shape index (κ2) is 7.70. The summed E-state index contributed by atoms with van der Waals surface area (Å²) < 4.78 is 0.900. The van der Waals surface area contributed by atoms with E-state index in [1.165, 1.54) is 0 Å². The van der Waals surface area contributed by atoms with Crippen LogP contribution in [0.1, 0.15) is 26.8 Å². The van der Waals surface area contributed by atoms with Crippen molar-refractivity contribution in [3.8, 4) is 0 Å². The van der Waals surface area contributed by atoms with Gasteiger partial charge in [-0.25, -0.2) is 0 Å². The van der Waals surface area contributed by atoms with Crippen LogP contribution in [0.3, 0.4) is 0 Å². The highest BCUT2D eigenvalue weighted by molar-refractivity contribution is 9.10. The van der Waals surface area contributed by atoms with Gasteiger partial charge < -0.3 is 10.2 Å². The lowest BCUT2D eigenvalue weighted by Crippen LogP contribution is -2.38. The molecule has 0 fully saturated rings. The maximum Gasteiger partial charge on any atom is 0.255 e. The summed E-state index contributed by atoms with van der Waals surface area (Å²) in [5.74, 6) is -0.362. The van der Waals surface area contributed by atoms with Crippen LogP contribution in [0.15, 0.2) is 82.6 Å². The number of fused-ring (bicyclic) bond motifs is 2.